The second kappa shape index (κ2) is 5.59. The largest absolute Gasteiger partial charge is 0.206 e. The lowest BCUT2D eigenvalue weighted by Gasteiger charge is -2.16. The Kier molecular flexibility index (Phi) is 4.26. The zero-order valence-corrected chi connectivity index (χ0v) is 12.8. The number of alkyl halides is 1. The molecule has 1 unspecified atom stereocenters. The highest BCUT2D eigenvalue weighted by molar-refractivity contribution is 9.10. The van der Waals surface area contributed by atoms with Gasteiger partial charge in [-0.15, -0.1) is 11.6 Å². The van der Waals surface area contributed by atoms with Crippen molar-refractivity contribution in [3.63, 3.8) is 0 Å². The van der Waals surface area contributed by atoms with Gasteiger partial charge in [0.05, 0.1) is 5.38 Å². The summed E-state index contributed by atoms with van der Waals surface area (Å²) in [6, 6.07) is 8.14. The Hall–Kier alpha value is -0.930. The van der Waals surface area contributed by atoms with Crippen LogP contribution in [0.1, 0.15) is 27.6 Å². The average Bonchev–Trinajstić information content (AvgIpc) is 2.30. The predicted molar refractivity (Wildman–Crippen MR) is 77.7 cm³/mol. The molecule has 0 aliphatic rings. The van der Waals surface area contributed by atoms with Gasteiger partial charge in [-0.25, -0.2) is 8.78 Å². The molecule has 2 aromatic carbocycles. The van der Waals surface area contributed by atoms with Gasteiger partial charge in [0, 0.05) is 10.0 Å². The molecule has 0 radical (unpaired) electrons. The van der Waals surface area contributed by atoms with Crippen molar-refractivity contribution in [2.24, 2.45) is 0 Å². The van der Waals surface area contributed by atoms with Gasteiger partial charge in [0.25, 0.3) is 0 Å². The van der Waals surface area contributed by atoms with Crippen LogP contribution in [-0.2, 0) is 0 Å². The maximum absolute atomic E-state index is 13.9. The van der Waals surface area contributed by atoms with Crippen LogP contribution < -0.4 is 0 Å². The number of benzene rings is 2. The highest BCUT2D eigenvalue weighted by Crippen LogP contribution is 2.35. The summed E-state index contributed by atoms with van der Waals surface area (Å²) >= 11 is 9.33. The molecule has 1 atom stereocenters. The van der Waals surface area contributed by atoms with Crippen LogP contribution in [0.15, 0.2) is 34.8 Å². The number of hydrogen-bond donors (Lipinski definition) is 0. The van der Waals surface area contributed by atoms with Gasteiger partial charge in [0.2, 0.25) is 0 Å². The molecule has 0 amide bonds. The second-order valence-corrected chi connectivity index (χ2v) is 5.86. The van der Waals surface area contributed by atoms with Gasteiger partial charge in [-0.3, -0.25) is 0 Å². The molecule has 0 bridgehead atoms. The van der Waals surface area contributed by atoms with Crippen molar-refractivity contribution in [1.82, 2.24) is 0 Å². The van der Waals surface area contributed by atoms with Gasteiger partial charge in [-0.2, -0.15) is 0 Å². The summed E-state index contributed by atoms with van der Waals surface area (Å²) in [5, 5.41) is -0.840. The summed E-state index contributed by atoms with van der Waals surface area (Å²) < 4.78 is 28.2. The molecular weight excluding hydrogens is 334 g/mol. The average molecular weight is 346 g/mol. The monoisotopic (exact) mass is 344 g/mol. The lowest BCUT2D eigenvalue weighted by atomic mass is 9.97. The molecule has 19 heavy (non-hydrogen) atoms. The van der Waals surface area contributed by atoms with Crippen molar-refractivity contribution < 1.29 is 8.78 Å². The second-order valence-electron chi connectivity index (χ2n) is 4.51. The smallest absolute Gasteiger partial charge is 0.132 e. The van der Waals surface area contributed by atoms with Gasteiger partial charge < -0.3 is 0 Å². The molecule has 0 N–H and O–H groups in total. The Bertz CT molecular complexity index is 603. The first-order chi connectivity index (χ1) is 8.90. The Labute approximate surface area is 124 Å². The van der Waals surface area contributed by atoms with Crippen LogP contribution in [0.25, 0.3) is 0 Å². The van der Waals surface area contributed by atoms with Gasteiger partial charge in [0.1, 0.15) is 11.6 Å². The van der Waals surface area contributed by atoms with Crippen molar-refractivity contribution >= 4 is 27.5 Å². The van der Waals surface area contributed by atoms with Crippen LogP contribution >= 0.6 is 27.5 Å². The standard InChI is InChI=1S/C15H12BrClF2/c1-8-3-4-9(2)11(5-8)15(17)14-12(18)6-10(16)7-13(14)19/h3-7,15H,1-2H3. The molecule has 100 valence electrons. The van der Waals surface area contributed by atoms with Gasteiger partial charge in [-0.1, -0.05) is 39.7 Å². The number of rotatable bonds is 2. The Morgan fingerprint density at radius 2 is 1.63 bits per heavy atom. The number of halogens is 4. The zero-order valence-electron chi connectivity index (χ0n) is 10.5. The summed E-state index contributed by atoms with van der Waals surface area (Å²) in [6.07, 6.45) is 0. The van der Waals surface area contributed by atoms with E-state index in [9.17, 15) is 8.78 Å². The summed E-state index contributed by atoms with van der Waals surface area (Å²) in [4.78, 5) is 0. The van der Waals surface area contributed by atoms with Gasteiger partial charge in [-0.05, 0) is 37.1 Å². The summed E-state index contributed by atoms with van der Waals surface area (Å²) in [6.45, 7) is 3.79. The van der Waals surface area contributed by atoms with Crippen molar-refractivity contribution in [3.8, 4) is 0 Å². The predicted octanol–water partition coefficient (Wildman–Crippen LogP) is 5.67. The molecule has 2 aromatic rings. The molecule has 0 spiro atoms. The van der Waals surface area contributed by atoms with E-state index in [1.807, 2.05) is 32.0 Å². The summed E-state index contributed by atoms with van der Waals surface area (Å²) in [7, 11) is 0. The van der Waals surface area contributed by atoms with Crippen molar-refractivity contribution in [2.75, 3.05) is 0 Å². The molecular formula is C15H12BrClF2. The topological polar surface area (TPSA) is 0 Å². The Morgan fingerprint density at radius 3 is 2.21 bits per heavy atom. The van der Waals surface area contributed by atoms with Crippen molar-refractivity contribution in [3.05, 3.63) is 68.7 Å². The molecule has 0 nitrogen and oxygen atoms in total. The molecule has 2 rings (SSSR count). The molecule has 0 aromatic heterocycles. The van der Waals surface area contributed by atoms with Crippen LogP contribution in [0.5, 0.6) is 0 Å². The van der Waals surface area contributed by atoms with E-state index in [2.05, 4.69) is 15.9 Å². The van der Waals surface area contributed by atoms with E-state index < -0.39 is 17.0 Å². The SMILES string of the molecule is Cc1ccc(C)c(C(Cl)c2c(F)cc(Br)cc2F)c1. The first kappa shape index (κ1) is 14.5. The summed E-state index contributed by atoms with van der Waals surface area (Å²) in [5.74, 6) is -1.29. The molecule has 0 fully saturated rings. The normalized spacial score (nSPS) is 12.5. The molecule has 0 aliphatic heterocycles. The molecule has 0 saturated heterocycles. The summed E-state index contributed by atoms with van der Waals surface area (Å²) in [5.41, 5.74) is 2.52. The third-order valence-electron chi connectivity index (χ3n) is 3.01. The zero-order chi connectivity index (χ0) is 14.2. The Balaban J connectivity index is 2.56. The number of aryl methyl sites for hydroxylation is 2. The minimum atomic E-state index is -0.840. The molecule has 0 aliphatic carbocycles. The van der Waals surface area contributed by atoms with Gasteiger partial charge in [0.15, 0.2) is 0 Å². The van der Waals surface area contributed by atoms with Gasteiger partial charge >= 0.3 is 0 Å². The van der Waals surface area contributed by atoms with E-state index in [-0.39, 0.29) is 5.56 Å². The minimum Gasteiger partial charge on any atom is -0.206 e. The quantitative estimate of drug-likeness (QED) is 0.615. The van der Waals surface area contributed by atoms with E-state index in [0.29, 0.717) is 4.47 Å². The Morgan fingerprint density at radius 1 is 1.05 bits per heavy atom. The highest BCUT2D eigenvalue weighted by Gasteiger charge is 2.22. The van der Waals surface area contributed by atoms with E-state index in [0.717, 1.165) is 16.7 Å². The fraction of sp³-hybridized carbons (Fsp3) is 0.200. The highest BCUT2D eigenvalue weighted by atomic mass is 79.9. The van der Waals surface area contributed by atoms with Crippen molar-refractivity contribution in [2.45, 2.75) is 19.2 Å². The third kappa shape index (κ3) is 2.98. The number of hydrogen-bond acceptors (Lipinski definition) is 0. The van der Waals surface area contributed by atoms with Crippen molar-refractivity contribution in [1.29, 1.82) is 0 Å². The maximum atomic E-state index is 13.9. The van der Waals surface area contributed by atoms with Crippen LogP contribution in [0, 0.1) is 25.5 Å². The van der Waals surface area contributed by atoms with Crippen LogP contribution in [0.3, 0.4) is 0 Å². The first-order valence-corrected chi connectivity index (χ1v) is 6.98. The van der Waals surface area contributed by atoms with E-state index >= 15 is 0 Å². The molecule has 4 heteroatoms. The lowest BCUT2D eigenvalue weighted by Crippen LogP contribution is -2.03. The third-order valence-corrected chi connectivity index (χ3v) is 3.92. The minimum absolute atomic E-state index is 0.112. The van der Waals surface area contributed by atoms with Crippen LogP contribution in [0.4, 0.5) is 8.78 Å². The molecule has 0 saturated carbocycles. The fourth-order valence-electron chi connectivity index (χ4n) is 1.98. The lowest BCUT2D eigenvalue weighted by molar-refractivity contribution is 0.557. The maximum Gasteiger partial charge on any atom is 0.132 e. The van der Waals surface area contributed by atoms with Crippen LogP contribution in [-0.4, -0.2) is 0 Å². The first-order valence-electron chi connectivity index (χ1n) is 5.76. The van der Waals surface area contributed by atoms with E-state index in [4.69, 9.17) is 11.6 Å². The molecule has 0 heterocycles. The fourth-order valence-corrected chi connectivity index (χ4v) is 2.83. The van der Waals surface area contributed by atoms with E-state index in [1.165, 1.54) is 12.1 Å². The van der Waals surface area contributed by atoms with E-state index in [1.54, 1.807) is 0 Å². The van der Waals surface area contributed by atoms with Crippen LogP contribution in [0.2, 0.25) is 0 Å².